The number of hydrogen-bond donors (Lipinski definition) is 0. The second-order valence-electron chi connectivity index (χ2n) is 4.88. The number of rotatable bonds is 6. The highest BCUT2D eigenvalue weighted by Crippen LogP contribution is 2.31. The maximum atomic E-state index is 12.6. The van der Waals surface area contributed by atoms with E-state index < -0.39 is 27.7 Å². The molecule has 0 aliphatic rings. The molecule has 5 nitrogen and oxygen atoms in total. The van der Waals surface area contributed by atoms with Crippen molar-refractivity contribution >= 4 is 16.1 Å². The van der Waals surface area contributed by atoms with Gasteiger partial charge in [0.1, 0.15) is 6.61 Å². The van der Waals surface area contributed by atoms with Gasteiger partial charge in [0.2, 0.25) is 0 Å². The van der Waals surface area contributed by atoms with Gasteiger partial charge in [0, 0.05) is 0 Å². The van der Waals surface area contributed by atoms with Crippen LogP contribution in [0, 0.1) is 0 Å². The zero-order valence-electron chi connectivity index (χ0n) is 12.6. The fourth-order valence-corrected chi connectivity index (χ4v) is 2.40. The largest absolute Gasteiger partial charge is 0.523 e. The molecule has 1 atom stereocenters. The molecule has 2 aromatic rings. The van der Waals surface area contributed by atoms with Crippen molar-refractivity contribution in [1.29, 1.82) is 0 Å². The third-order valence-electron chi connectivity index (χ3n) is 3.05. The number of alkyl halides is 3. The van der Waals surface area contributed by atoms with Gasteiger partial charge in [-0.3, -0.25) is 0 Å². The van der Waals surface area contributed by atoms with Crippen molar-refractivity contribution < 1.29 is 35.3 Å². The fraction of sp³-hybridized carbons (Fsp3) is 0.188. The summed E-state index contributed by atoms with van der Waals surface area (Å²) in [7, 11) is -5.97. The van der Waals surface area contributed by atoms with E-state index in [1.807, 2.05) is 0 Å². The normalized spacial score (nSPS) is 13.2. The third kappa shape index (κ3) is 5.04. The predicted octanol–water partition coefficient (Wildman–Crippen LogP) is 3.34. The Kier molecular flexibility index (Phi) is 5.81. The molecule has 0 spiro atoms. The highest BCUT2D eigenvalue weighted by atomic mass is 32.2. The molecule has 0 saturated heterocycles. The van der Waals surface area contributed by atoms with Gasteiger partial charge in [-0.2, -0.15) is 21.6 Å². The molecule has 0 aliphatic carbocycles. The van der Waals surface area contributed by atoms with E-state index in [9.17, 15) is 26.4 Å². The number of ether oxygens (including phenoxy) is 1. The van der Waals surface area contributed by atoms with Crippen LogP contribution in [-0.2, 0) is 30.4 Å². The molecule has 1 unspecified atom stereocenters. The van der Waals surface area contributed by atoms with Gasteiger partial charge in [-0.1, -0.05) is 60.7 Å². The first kappa shape index (κ1) is 18.9. The van der Waals surface area contributed by atoms with E-state index in [4.69, 9.17) is 4.74 Å². The molecular weight excluding hydrogens is 361 g/mol. The van der Waals surface area contributed by atoms with Crippen LogP contribution in [0.2, 0.25) is 0 Å². The van der Waals surface area contributed by atoms with Gasteiger partial charge in [0.05, 0.1) is 0 Å². The standard InChI is InChI=1S/C16H13F3O5S/c17-16(18,19)25(21,22)24-14(13-9-5-2-6-10-13)15(20)23-11-12-7-3-1-4-8-12/h1-10,14H,11H2. The van der Waals surface area contributed by atoms with Crippen molar-refractivity contribution in [3.8, 4) is 0 Å². The lowest BCUT2D eigenvalue weighted by atomic mass is 10.1. The minimum Gasteiger partial charge on any atom is -0.459 e. The van der Waals surface area contributed by atoms with Crippen LogP contribution in [0.25, 0.3) is 0 Å². The van der Waals surface area contributed by atoms with E-state index in [2.05, 4.69) is 4.18 Å². The second-order valence-corrected chi connectivity index (χ2v) is 6.44. The Morgan fingerprint density at radius 3 is 2.00 bits per heavy atom. The Morgan fingerprint density at radius 2 is 1.48 bits per heavy atom. The Hall–Kier alpha value is -2.39. The van der Waals surface area contributed by atoms with E-state index in [-0.39, 0.29) is 12.2 Å². The zero-order chi connectivity index (χ0) is 18.5. The molecular formula is C16H13F3O5S. The lowest BCUT2D eigenvalue weighted by Crippen LogP contribution is -2.30. The highest BCUT2D eigenvalue weighted by Gasteiger charge is 2.50. The zero-order valence-corrected chi connectivity index (χ0v) is 13.5. The summed E-state index contributed by atoms with van der Waals surface area (Å²) in [6, 6.07) is 15.3. The number of esters is 1. The van der Waals surface area contributed by atoms with Crippen molar-refractivity contribution in [2.24, 2.45) is 0 Å². The Balaban J connectivity index is 2.21. The van der Waals surface area contributed by atoms with Gasteiger partial charge >= 0.3 is 21.6 Å². The van der Waals surface area contributed by atoms with Gasteiger partial charge in [-0.05, 0) is 11.1 Å². The molecule has 0 radical (unpaired) electrons. The van der Waals surface area contributed by atoms with E-state index in [1.165, 1.54) is 24.3 Å². The summed E-state index contributed by atoms with van der Waals surface area (Å²) < 4.78 is 69.2. The first-order valence-electron chi connectivity index (χ1n) is 6.96. The van der Waals surface area contributed by atoms with Crippen LogP contribution in [0.3, 0.4) is 0 Å². The summed E-state index contributed by atoms with van der Waals surface area (Å²) in [6.45, 7) is -0.238. The fourth-order valence-electron chi connectivity index (χ4n) is 1.84. The summed E-state index contributed by atoms with van der Waals surface area (Å²) in [5.41, 5.74) is -5.14. The topological polar surface area (TPSA) is 69.7 Å². The summed E-state index contributed by atoms with van der Waals surface area (Å²) >= 11 is 0. The SMILES string of the molecule is O=C(OCc1ccccc1)C(OS(=O)(=O)C(F)(F)F)c1ccccc1. The van der Waals surface area contributed by atoms with E-state index >= 15 is 0 Å². The van der Waals surface area contributed by atoms with Gasteiger partial charge < -0.3 is 4.74 Å². The molecule has 0 amide bonds. The number of carbonyl (C=O) groups is 1. The van der Waals surface area contributed by atoms with Crippen LogP contribution in [-0.4, -0.2) is 19.9 Å². The highest BCUT2D eigenvalue weighted by molar-refractivity contribution is 7.87. The van der Waals surface area contributed by atoms with Crippen molar-refractivity contribution in [1.82, 2.24) is 0 Å². The van der Waals surface area contributed by atoms with Crippen LogP contribution >= 0.6 is 0 Å². The first-order valence-corrected chi connectivity index (χ1v) is 8.36. The van der Waals surface area contributed by atoms with Crippen molar-refractivity contribution in [3.63, 3.8) is 0 Å². The average molecular weight is 374 g/mol. The number of hydrogen-bond acceptors (Lipinski definition) is 5. The maximum absolute atomic E-state index is 12.6. The van der Waals surface area contributed by atoms with Crippen molar-refractivity contribution in [2.45, 2.75) is 18.2 Å². The van der Waals surface area contributed by atoms with Crippen LogP contribution in [0.15, 0.2) is 60.7 Å². The lowest BCUT2D eigenvalue weighted by Gasteiger charge is -2.18. The Bertz CT molecular complexity index is 805. The summed E-state index contributed by atoms with van der Waals surface area (Å²) in [6.07, 6.45) is -2.06. The quantitative estimate of drug-likeness (QED) is 0.441. The molecule has 2 rings (SSSR count). The molecule has 134 valence electrons. The predicted molar refractivity (Wildman–Crippen MR) is 81.5 cm³/mol. The molecule has 2 aromatic carbocycles. The Labute approximate surface area is 142 Å². The first-order chi connectivity index (χ1) is 11.7. The van der Waals surface area contributed by atoms with Gasteiger partial charge in [0.15, 0.2) is 6.10 Å². The Morgan fingerprint density at radius 1 is 0.960 bits per heavy atom. The maximum Gasteiger partial charge on any atom is 0.523 e. The van der Waals surface area contributed by atoms with Crippen LogP contribution in [0.1, 0.15) is 17.2 Å². The summed E-state index contributed by atoms with van der Waals surface area (Å²) in [5.74, 6) is -1.25. The molecule has 25 heavy (non-hydrogen) atoms. The van der Waals surface area contributed by atoms with Crippen LogP contribution in [0.5, 0.6) is 0 Å². The van der Waals surface area contributed by atoms with Crippen LogP contribution in [0.4, 0.5) is 13.2 Å². The average Bonchev–Trinajstić information content (AvgIpc) is 2.58. The van der Waals surface area contributed by atoms with E-state index in [0.29, 0.717) is 5.56 Å². The molecule has 0 bridgehead atoms. The van der Waals surface area contributed by atoms with Crippen molar-refractivity contribution in [2.75, 3.05) is 0 Å². The smallest absolute Gasteiger partial charge is 0.459 e. The molecule has 0 N–H and O–H groups in total. The van der Waals surface area contributed by atoms with Gasteiger partial charge in [-0.25, -0.2) is 8.98 Å². The van der Waals surface area contributed by atoms with Crippen LogP contribution < -0.4 is 0 Å². The molecule has 0 fully saturated rings. The molecule has 0 heterocycles. The molecule has 0 aliphatic heterocycles. The molecule has 0 saturated carbocycles. The number of carbonyl (C=O) groups excluding carboxylic acids is 1. The molecule has 0 aromatic heterocycles. The second kappa shape index (κ2) is 7.66. The van der Waals surface area contributed by atoms with Gasteiger partial charge in [0.25, 0.3) is 0 Å². The van der Waals surface area contributed by atoms with E-state index in [1.54, 1.807) is 36.4 Å². The monoisotopic (exact) mass is 374 g/mol. The van der Waals surface area contributed by atoms with Gasteiger partial charge in [-0.15, -0.1) is 0 Å². The minimum absolute atomic E-state index is 0.0756. The molecule has 9 heteroatoms. The van der Waals surface area contributed by atoms with Crippen molar-refractivity contribution in [3.05, 3.63) is 71.8 Å². The third-order valence-corrected chi connectivity index (χ3v) is 4.06. The summed E-state index contributed by atoms with van der Waals surface area (Å²) in [4.78, 5) is 12.1. The number of benzene rings is 2. The summed E-state index contributed by atoms with van der Waals surface area (Å²) in [5, 5.41) is 0. The minimum atomic E-state index is -5.97. The van der Waals surface area contributed by atoms with E-state index in [0.717, 1.165) is 0 Å². The lowest BCUT2D eigenvalue weighted by molar-refractivity contribution is -0.154. The number of halogens is 3.